The molecule has 0 aliphatic rings. The van der Waals surface area contributed by atoms with E-state index in [9.17, 15) is 5.11 Å². The third-order valence-electron chi connectivity index (χ3n) is 2.79. The van der Waals surface area contributed by atoms with Crippen molar-refractivity contribution in [1.82, 2.24) is 5.32 Å². The minimum absolute atomic E-state index is 0.209. The van der Waals surface area contributed by atoms with Crippen LogP contribution >= 0.6 is 0 Å². The molecule has 0 fully saturated rings. The van der Waals surface area contributed by atoms with Gasteiger partial charge in [0, 0.05) is 12.6 Å². The fourth-order valence-corrected chi connectivity index (χ4v) is 1.73. The number of rotatable bonds is 5. The Balaban J connectivity index is 1.86. The van der Waals surface area contributed by atoms with Crippen molar-refractivity contribution in [2.45, 2.75) is 19.1 Å². The number of aliphatic hydroxyl groups excluding tert-OH is 1. The highest BCUT2D eigenvalue weighted by molar-refractivity contribution is 5.18. The first-order valence-corrected chi connectivity index (χ1v) is 5.77. The lowest BCUT2D eigenvalue weighted by Crippen LogP contribution is -2.24. The van der Waals surface area contributed by atoms with E-state index in [1.54, 1.807) is 18.4 Å². The highest BCUT2D eigenvalue weighted by atomic mass is 16.4. The van der Waals surface area contributed by atoms with E-state index in [2.05, 4.69) is 24.4 Å². The van der Waals surface area contributed by atoms with Gasteiger partial charge in [-0.15, -0.1) is 0 Å². The van der Waals surface area contributed by atoms with Crippen molar-refractivity contribution < 1.29 is 9.52 Å². The molecule has 2 atom stereocenters. The molecule has 0 saturated heterocycles. The minimum Gasteiger partial charge on any atom is -0.467 e. The molecular weight excluding hydrogens is 214 g/mol. The molecular formula is C14H17NO2. The van der Waals surface area contributed by atoms with Gasteiger partial charge in [-0.1, -0.05) is 30.3 Å². The number of hydrogen-bond acceptors (Lipinski definition) is 3. The van der Waals surface area contributed by atoms with E-state index in [1.807, 2.05) is 18.2 Å². The van der Waals surface area contributed by atoms with Crippen molar-refractivity contribution in [2.24, 2.45) is 0 Å². The van der Waals surface area contributed by atoms with Gasteiger partial charge in [-0.2, -0.15) is 0 Å². The SMILES string of the molecule is CC(NCC(O)c1ccco1)c1ccccc1. The van der Waals surface area contributed by atoms with Gasteiger partial charge in [0.15, 0.2) is 0 Å². The maximum absolute atomic E-state index is 9.85. The third kappa shape index (κ3) is 3.19. The van der Waals surface area contributed by atoms with Crippen LogP contribution in [0.3, 0.4) is 0 Å². The summed E-state index contributed by atoms with van der Waals surface area (Å²) in [5.41, 5.74) is 1.21. The molecule has 1 aromatic carbocycles. The number of nitrogens with one attached hydrogen (secondary N) is 1. The van der Waals surface area contributed by atoms with Gasteiger partial charge in [-0.05, 0) is 24.6 Å². The van der Waals surface area contributed by atoms with Crippen molar-refractivity contribution in [2.75, 3.05) is 6.54 Å². The van der Waals surface area contributed by atoms with Crippen molar-refractivity contribution in [3.05, 3.63) is 60.1 Å². The van der Waals surface area contributed by atoms with Crippen LogP contribution in [0.1, 0.15) is 30.4 Å². The third-order valence-corrected chi connectivity index (χ3v) is 2.79. The summed E-state index contributed by atoms with van der Waals surface area (Å²) >= 11 is 0. The molecule has 0 spiro atoms. The lowest BCUT2D eigenvalue weighted by Gasteiger charge is -2.16. The molecule has 2 aromatic rings. The predicted octanol–water partition coefficient (Wildman–Crippen LogP) is 2.66. The molecule has 2 N–H and O–H groups in total. The number of hydrogen-bond donors (Lipinski definition) is 2. The molecule has 0 radical (unpaired) electrons. The first-order chi connectivity index (χ1) is 8.27. The zero-order valence-electron chi connectivity index (χ0n) is 9.84. The van der Waals surface area contributed by atoms with Crippen LogP contribution in [0.15, 0.2) is 53.1 Å². The van der Waals surface area contributed by atoms with E-state index in [0.29, 0.717) is 12.3 Å². The quantitative estimate of drug-likeness (QED) is 0.831. The summed E-state index contributed by atoms with van der Waals surface area (Å²) in [6, 6.07) is 13.9. The Morgan fingerprint density at radius 2 is 1.94 bits per heavy atom. The first-order valence-electron chi connectivity index (χ1n) is 5.77. The van der Waals surface area contributed by atoms with Crippen LogP contribution in [-0.2, 0) is 0 Å². The molecule has 3 heteroatoms. The van der Waals surface area contributed by atoms with E-state index in [-0.39, 0.29) is 6.04 Å². The molecule has 3 nitrogen and oxygen atoms in total. The average Bonchev–Trinajstić information content (AvgIpc) is 2.90. The van der Waals surface area contributed by atoms with Crippen LogP contribution in [0, 0.1) is 0 Å². The van der Waals surface area contributed by atoms with Crippen LogP contribution in [0.2, 0.25) is 0 Å². The zero-order chi connectivity index (χ0) is 12.1. The zero-order valence-corrected chi connectivity index (χ0v) is 9.84. The fraction of sp³-hybridized carbons (Fsp3) is 0.286. The van der Waals surface area contributed by atoms with Crippen molar-refractivity contribution in [3.8, 4) is 0 Å². The van der Waals surface area contributed by atoms with Gasteiger partial charge >= 0.3 is 0 Å². The molecule has 0 amide bonds. The second-order valence-electron chi connectivity index (χ2n) is 4.07. The second kappa shape index (κ2) is 5.66. The standard InChI is InChI=1S/C14H17NO2/c1-11(12-6-3-2-4-7-12)15-10-13(16)14-8-5-9-17-14/h2-9,11,13,15-16H,10H2,1H3. The molecule has 1 heterocycles. The Morgan fingerprint density at radius 3 is 2.59 bits per heavy atom. The molecule has 2 unspecified atom stereocenters. The van der Waals surface area contributed by atoms with Crippen LogP contribution in [-0.4, -0.2) is 11.7 Å². The van der Waals surface area contributed by atoms with Crippen molar-refractivity contribution in [1.29, 1.82) is 0 Å². The monoisotopic (exact) mass is 231 g/mol. The summed E-state index contributed by atoms with van der Waals surface area (Å²) in [5.74, 6) is 0.595. The van der Waals surface area contributed by atoms with Crippen LogP contribution < -0.4 is 5.32 Å². The summed E-state index contributed by atoms with van der Waals surface area (Å²) < 4.78 is 5.14. The van der Waals surface area contributed by atoms with E-state index in [0.717, 1.165) is 0 Å². The van der Waals surface area contributed by atoms with Gasteiger partial charge in [0.05, 0.1) is 6.26 Å². The predicted molar refractivity (Wildman–Crippen MR) is 66.5 cm³/mol. The molecule has 0 aliphatic carbocycles. The summed E-state index contributed by atoms with van der Waals surface area (Å²) in [5, 5.41) is 13.1. The molecule has 0 saturated carbocycles. The van der Waals surface area contributed by atoms with E-state index >= 15 is 0 Å². The van der Waals surface area contributed by atoms with E-state index in [4.69, 9.17) is 4.42 Å². The normalized spacial score (nSPS) is 14.5. The highest BCUT2D eigenvalue weighted by Crippen LogP contribution is 2.15. The Morgan fingerprint density at radius 1 is 1.18 bits per heavy atom. The molecule has 1 aromatic heterocycles. The van der Waals surface area contributed by atoms with Crippen LogP contribution in [0.5, 0.6) is 0 Å². The maximum atomic E-state index is 9.85. The Kier molecular flexibility index (Phi) is 3.96. The number of benzene rings is 1. The molecule has 90 valence electrons. The van der Waals surface area contributed by atoms with Gasteiger partial charge in [-0.3, -0.25) is 0 Å². The van der Waals surface area contributed by atoms with Crippen molar-refractivity contribution in [3.63, 3.8) is 0 Å². The number of aliphatic hydroxyl groups is 1. The van der Waals surface area contributed by atoms with Gasteiger partial charge in [0.25, 0.3) is 0 Å². The maximum Gasteiger partial charge on any atom is 0.133 e. The summed E-state index contributed by atoms with van der Waals surface area (Å²) in [6.07, 6.45) is 0.968. The smallest absolute Gasteiger partial charge is 0.133 e. The van der Waals surface area contributed by atoms with Gasteiger partial charge in [-0.25, -0.2) is 0 Å². The second-order valence-corrected chi connectivity index (χ2v) is 4.07. The van der Waals surface area contributed by atoms with E-state index in [1.165, 1.54) is 5.56 Å². The Hall–Kier alpha value is -1.58. The van der Waals surface area contributed by atoms with Crippen LogP contribution in [0.4, 0.5) is 0 Å². The lowest BCUT2D eigenvalue weighted by atomic mass is 10.1. The summed E-state index contributed by atoms with van der Waals surface area (Å²) in [6.45, 7) is 2.55. The Bertz CT molecular complexity index is 425. The number of furan rings is 1. The average molecular weight is 231 g/mol. The molecule has 17 heavy (non-hydrogen) atoms. The van der Waals surface area contributed by atoms with Crippen LogP contribution in [0.25, 0.3) is 0 Å². The minimum atomic E-state index is -0.601. The first kappa shape index (κ1) is 11.9. The molecule has 0 aliphatic heterocycles. The van der Waals surface area contributed by atoms with Crippen molar-refractivity contribution >= 4 is 0 Å². The largest absolute Gasteiger partial charge is 0.467 e. The highest BCUT2D eigenvalue weighted by Gasteiger charge is 2.12. The topological polar surface area (TPSA) is 45.4 Å². The lowest BCUT2D eigenvalue weighted by molar-refractivity contribution is 0.144. The summed E-state index contributed by atoms with van der Waals surface area (Å²) in [4.78, 5) is 0. The molecule has 0 bridgehead atoms. The summed E-state index contributed by atoms with van der Waals surface area (Å²) in [7, 11) is 0. The Labute approximate surface area is 101 Å². The fourth-order valence-electron chi connectivity index (χ4n) is 1.73. The van der Waals surface area contributed by atoms with Gasteiger partial charge < -0.3 is 14.8 Å². The van der Waals surface area contributed by atoms with Gasteiger partial charge in [0.2, 0.25) is 0 Å². The van der Waals surface area contributed by atoms with E-state index < -0.39 is 6.10 Å². The molecule has 2 rings (SSSR count). The van der Waals surface area contributed by atoms with Gasteiger partial charge in [0.1, 0.15) is 11.9 Å².